The first-order valence-electron chi connectivity index (χ1n) is 11.3. The minimum absolute atomic E-state index is 0.110. The van der Waals surface area contributed by atoms with Crippen molar-refractivity contribution in [1.29, 1.82) is 0 Å². The van der Waals surface area contributed by atoms with Crippen LogP contribution in [0, 0.1) is 0 Å². The molecular weight excluding hydrogens is 438 g/mol. The van der Waals surface area contributed by atoms with Crippen molar-refractivity contribution in [2.75, 3.05) is 4.31 Å². The lowest BCUT2D eigenvalue weighted by atomic mass is 9.94. The van der Waals surface area contributed by atoms with Crippen LogP contribution in [0.25, 0.3) is 0 Å². The Kier molecular flexibility index (Phi) is 6.95. The third-order valence-electron chi connectivity index (χ3n) is 6.12. The molecule has 0 aliphatic carbocycles. The molecule has 1 aliphatic heterocycles. The van der Waals surface area contributed by atoms with Crippen molar-refractivity contribution < 1.29 is 18.3 Å². The molecule has 4 rings (SSSR count). The molecule has 1 aliphatic rings. The number of ether oxygens (including phenoxy) is 1. The molecule has 1 aromatic heterocycles. The molecule has 33 heavy (non-hydrogen) atoms. The minimum Gasteiger partial charge on any atom is -0.487 e. The van der Waals surface area contributed by atoms with E-state index in [0.29, 0.717) is 17.0 Å². The van der Waals surface area contributed by atoms with Crippen LogP contribution < -0.4 is 9.04 Å². The van der Waals surface area contributed by atoms with Gasteiger partial charge in [-0.2, -0.15) is 0 Å². The van der Waals surface area contributed by atoms with Crippen LogP contribution in [0.3, 0.4) is 0 Å². The van der Waals surface area contributed by atoms with Gasteiger partial charge in [0.15, 0.2) is 0 Å². The number of fused-ring (bicyclic) bond motifs is 1. The van der Waals surface area contributed by atoms with Gasteiger partial charge in [0, 0.05) is 17.8 Å². The number of aliphatic hydroxyl groups is 1. The van der Waals surface area contributed by atoms with Crippen LogP contribution in [-0.4, -0.2) is 29.5 Å². The molecule has 8 heteroatoms. The fourth-order valence-corrected chi connectivity index (χ4v) is 6.10. The van der Waals surface area contributed by atoms with Gasteiger partial charge in [-0.3, -0.25) is 4.31 Å². The summed E-state index contributed by atoms with van der Waals surface area (Å²) >= 11 is 0. The molecule has 3 aromatic rings. The highest BCUT2D eigenvalue weighted by atomic mass is 32.2. The molecule has 2 aromatic carbocycles. The third-order valence-corrected chi connectivity index (χ3v) is 7.98. The number of hydrogen-bond acceptors (Lipinski definition) is 6. The molecule has 0 amide bonds. The zero-order chi connectivity index (χ0) is 23.4. The topological polar surface area (TPSA) is 92.6 Å². The highest BCUT2D eigenvalue weighted by Crippen LogP contribution is 2.38. The molecule has 1 unspecified atom stereocenters. The van der Waals surface area contributed by atoms with Gasteiger partial charge in [0.2, 0.25) is 0 Å². The van der Waals surface area contributed by atoms with Crippen LogP contribution in [0.15, 0.2) is 59.9 Å². The number of aromatic nitrogens is 2. The van der Waals surface area contributed by atoms with Gasteiger partial charge < -0.3 is 9.84 Å². The first-order valence-corrected chi connectivity index (χ1v) is 12.7. The number of aliphatic hydroxyl groups excluding tert-OH is 1. The van der Waals surface area contributed by atoms with Crippen LogP contribution >= 0.6 is 0 Å². The Morgan fingerprint density at radius 1 is 1.15 bits per heavy atom. The van der Waals surface area contributed by atoms with Crippen molar-refractivity contribution in [2.24, 2.45) is 0 Å². The van der Waals surface area contributed by atoms with Crippen molar-refractivity contribution in [1.82, 2.24) is 9.97 Å². The van der Waals surface area contributed by atoms with E-state index in [1.165, 1.54) is 18.0 Å². The van der Waals surface area contributed by atoms with Gasteiger partial charge in [-0.15, -0.1) is 0 Å². The second-order valence-electron chi connectivity index (χ2n) is 8.14. The zero-order valence-electron chi connectivity index (χ0n) is 18.9. The van der Waals surface area contributed by atoms with Crippen LogP contribution in [0.4, 0.5) is 5.69 Å². The van der Waals surface area contributed by atoms with Crippen molar-refractivity contribution in [3.8, 4) is 5.75 Å². The number of rotatable bonds is 8. The molecule has 0 radical (unpaired) electrons. The molecule has 0 fully saturated rings. The lowest BCUT2D eigenvalue weighted by Gasteiger charge is -2.37. The number of benzene rings is 2. The smallest absolute Gasteiger partial charge is 0.264 e. The number of anilines is 1. The molecule has 1 N–H and O–H groups in total. The SMILES string of the molecule is CCc1ccc2c(c1)CCC(CC)N2S(=O)(=O)c1ccc(OCc2ccncn2)c(CO)c1. The summed E-state index contributed by atoms with van der Waals surface area (Å²) < 4.78 is 35.0. The van der Waals surface area contributed by atoms with E-state index < -0.39 is 10.0 Å². The average molecular weight is 468 g/mol. The summed E-state index contributed by atoms with van der Waals surface area (Å²) in [4.78, 5) is 8.14. The van der Waals surface area contributed by atoms with Gasteiger partial charge >= 0.3 is 0 Å². The second kappa shape index (κ2) is 9.89. The standard InChI is InChI=1S/C25H29N3O4S/c1-3-18-5-9-24-19(13-18)6-7-22(4-2)28(24)33(30,31)23-8-10-25(20(14-23)15-29)32-16-21-11-12-26-17-27-21/h5,8-14,17,22,29H,3-4,6-7,15-16H2,1-2H3. The molecule has 0 saturated heterocycles. The number of nitrogens with zero attached hydrogens (tertiary/aromatic N) is 3. The van der Waals surface area contributed by atoms with Crippen molar-refractivity contribution >= 4 is 15.7 Å². The molecule has 0 bridgehead atoms. The Morgan fingerprint density at radius 2 is 2.00 bits per heavy atom. The van der Waals surface area contributed by atoms with Gasteiger partial charge in [-0.1, -0.05) is 26.0 Å². The zero-order valence-corrected chi connectivity index (χ0v) is 19.8. The Hall–Kier alpha value is -2.97. The number of hydrogen-bond donors (Lipinski definition) is 1. The van der Waals surface area contributed by atoms with Crippen LogP contribution in [0.2, 0.25) is 0 Å². The highest BCUT2D eigenvalue weighted by molar-refractivity contribution is 7.92. The number of aryl methyl sites for hydroxylation is 2. The Labute approximate surface area is 195 Å². The normalized spacial score (nSPS) is 15.8. The van der Waals surface area contributed by atoms with Crippen molar-refractivity contribution in [3.63, 3.8) is 0 Å². The van der Waals surface area contributed by atoms with Crippen LogP contribution in [-0.2, 0) is 36.1 Å². The van der Waals surface area contributed by atoms with Gasteiger partial charge in [0.05, 0.1) is 22.9 Å². The quantitative estimate of drug-likeness (QED) is 0.538. The average Bonchev–Trinajstić information content (AvgIpc) is 2.86. The van der Waals surface area contributed by atoms with E-state index in [1.807, 2.05) is 19.1 Å². The van der Waals surface area contributed by atoms with Crippen LogP contribution in [0.1, 0.15) is 49.1 Å². The van der Waals surface area contributed by atoms with E-state index >= 15 is 0 Å². The predicted molar refractivity (Wildman–Crippen MR) is 127 cm³/mol. The highest BCUT2D eigenvalue weighted by Gasteiger charge is 2.35. The Bertz CT molecular complexity index is 1220. The maximum absolute atomic E-state index is 13.8. The first kappa shape index (κ1) is 23.2. The van der Waals surface area contributed by atoms with E-state index in [4.69, 9.17) is 4.74 Å². The molecular formula is C25H29N3O4S. The third kappa shape index (κ3) is 4.72. The molecule has 7 nitrogen and oxygen atoms in total. The minimum atomic E-state index is -3.83. The summed E-state index contributed by atoms with van der Waals surface area (Å²) in [7, 11) is -3.83. The second-order valence-corrected chi connectivity index (χ2v) is 9.95. The van der Waals surface area contributed by atoms with E-state index in [9.17, 15) is 13.5 Å². The van der Waals surface area contributed by atoms with Gasteiger partial charge in [-0.05, 0) is 67.1 Å². The van der Waals surface area contributed by atoms with E-state index in [-0.39, 0.29) is 24.2 Å². The molecule has 0 saturated carbocycles. The number of sulfonamides is 1. The summed E-state index contributed by atoms with van der Waals surface area (Å²) in [5.74, 6) is 0.425. The van der Waals surface area contributed by atoms with E-state index in [0.717, 1.165) is 36.9 Å². The largest absolute Gasteiger partial charge is 0.487 e. The van der Waals surface area contributed by atoms with Gasteiger partial charge in [0.1, 0.15) is 18.7 Å². The Morgan fingerprint density at radius 3 is 2.70 bits per heavy atom. The van der Waals surface area contributed by atoms with E-state index in [2.05, 4.69) is 23.0 Å². The lowest BCUT2D eigenvalue weighted by Crippen LogP contribution is -2.43. The first-order chi connectivity index (χ1) is 16.0. The summed E-state index contributed by atoms with van der Waals surface area (Å²) in [5, 5.41) is 9.92. The summed E-state index contributed by atoms with van der Waals surface area (Å²) in [6.45, 7) is 3.97. The van der Waals surface area contributed by atoms with Gasteiger partial charge in [-0.25, -0.2) is 18.4 Å². The fraction of sp³-hybridized carbons (Fsp3) is 0.360. The van der Waals surface area contributed by atoms with E-state index in [1.54, 1.807) is 28.7 Å². The van der Waals surface area contributed by atoms with Crippen molar-refractivity contribution in [3.05, 3.63) is 77.4 Å². The Balaban J connectivity index is 1.67. The maximum atomic E-state index is 13.8. The maximum Gasteiger partial charge on any atom is 0.264 e. The molecule has 0 spiro atoms. The predicted octanol–water partition coefficient (Wildman–Crippen LogP) is 4.03. The lowest BCUT2D eigenvalue weighted by molar-refractivity contribution is 0.257. The molecule has 174 valence electrons. The fourth-order valence-electron chi connectivity index (χ4n) is 4.26. The summed E-state index contributed by atoms with van der Waals surface area (Å²) in [6, 6.07) is 12.3. The summed E-state index contributed by atoms with van der Waals surface area (Å²) in [5.41, 5.74) is 4.12. The monoisotopic (exact) mass is 467 g/mol. The molecule has 2 heterocycles. The van der Waals surface area contributed by atoms with Crippen LogP contribution in [0.5, 0.6) is 5.75 Å². The molecule has 1 atom stereocenters. The van der Waals surface area contributed by atoms with Crippen molar-refractivity contribution in [2.45, 2.75) is 63.7 Å². The van der Waals surface area contributed by atoms with Gasteiger partial charge in [0.25, 0.3) is 10.0 Å². The summed E-state index contributed by atoms with van der Waals surface area (Å²) in [6.07, 6.45) is 6.34.